The maximum atomic E-state index is 8.66. The van der Waals surface area contributed by atoms with Crippen LogP contribution in [0.5, 0.6) is 0 Å². The Bertz CT molecular complexity index is 833. The molecule has 0 saturated carbocycles. The third-order valence-corrected chi connectivity index (χ3v) is 3.56. The summed E-state index contributed by atoms with van der Waals surface area (Å²) in [4.78, 5) is 8.75. The van der Waals surface area contributed by atoms with E-state index in [1.165, 1.54) is 11.1 Å². The summed E-state index contributed by atoms with van der Waals surface area (Å²) in [5.74, 6) is 0.770. The maximum absolute atomic E-state index is 8.66. The molecule has 1 aromatic carbocycles. The SMILES string of the molecule is Cc1cc2ncn(-c3ccc(/C(N)=N/O)cn3)c2cc1C. The lowest BCUT2D eigenvalue weighted by Gasteiger charge is -2.06. The molecule has 2 heterocycles. The average molecular weight is 281 g/mol. The molecule has 0 unspecified atom stereocenters. The standard InChI is InChI=1S/C15H15N5O/c1-9-5-12-13(6-10(9)2)20(8-18-12)14-4-3-11(7-17-14)15(16)19-21/h3-8,21H,1-2H3,(H2,16,19). The highest BCUT2D eigenvalue weighted by Crippen LogP contribution is 2.21. The van der Waals surface area contributed by atoms with Crippen LogP contribution >= 0.6 is 0 Å². The number of aryl methyl sites for hydroxylation is 2. The molecule has 2 aromatic heterocycles. The fourth-order valence-corrected chi connectivity index (χ4v) is 2.18. The van der Waals surface area contributed by atoms with Crippen LogP contribution in [0.2, 0.25) is 0 Å². The van der Waals surface area contributed by atoms with Crippen LogP contribution in [0.1, 0.15) is 16.7 Å². The molecule has 21 heavy (non-hydrogen) atoms. The van der Waals surface area contributed by atoms with Crippen LogP contribution in [0.25, 0.3) is 16.9 Å². The van der Waals surface area contributed by atoms with Gasteiger partial charge in [-0.25, -0.2) is 9.97 Å². The zero-order valence-corrected chi connectivity index (χ0v) is 11.8. The smallest absolute Gasteiger partial charge is 0.171 e. The lowest BCUT2D eigenvalue weighted by molar-refractivity contribution is 0.318. The van der Waals surface area contributed by atoms with Crippen LogP contribution in [-0.2, 0) is 0 Å². The van der Waals surface area contributed by atoms with Crippen molar-refractivity contribution in [2.75, 3.05) is 0 Å². The van der Waals surface area contributed by atoms with Gasteiger partial charge < -0.3 is 10.9 Å². The van der Waals surface area contributed by atoms with E-state index in [0.717, 1.165) is 16.9 Å². The topological polar surface area (TPSA) is 89.3 Å². The minimum atomic E-state index is 0.0380. The van der Waals surface area contributed by atoms with Crippen molar-refractivity contribution in [2.24, 2.45) is 10.9 Å². The van der Waals surface area contributed by atoms with Gasteiger partial charge in [0.05, 0.1) is 11.0 Å². The molecule has 106 valence electrons. The number of imidazole rings is 1. The molecule has 0 radical (unpaired) electrons. The normalized spacial score (nSPS) is 12.0. The number of hydrogen-bond donors (Lipinski definition) is 2. The van der Waals surface area contributed by atoms with Crippen molar-refractivity contribution < 1.29 is 5.21 Å². The molecule has 0 aliphatic heterocycles. The van der Waals surface area contributed by atoms with Crippen LogP contribution in [0.3, 0.4) is 0 Å². The van der Waals surface area contributed by atoms with Gasteiger partial charge in [-0.05, 0) is 49.2 Å². The van der Waals surface area contributed by atoms with Gasteiger partial charge in [0.2, 0.25) is 0 Å². The molecule has 6 heteroatoms. The molecule has 0 atom stereocenters. The molecule has 0 fully saturated rings. The largest absolute Gasteiger partial charge is 0.409 e. The predicted molar refractivity (Wildman–Crippen MR) is 80.8 cm³/mol. The summed E-state index contributed by atoms with van der Waals surface area (Å²) >= 11 is 0. The molecule has 3 N–H and O–H groups in total. The van der Waals surface area contributed by atoms with Crippen molar-refractivity contribution in [3.05, 3.63) is 53.5 Å². The number of benzene rings is 1. The minimum Gasteiger partial charge on any atom is -0.409 e. The highest BCUT2D eigenvalue weighted by molar-refractivity contribution is 5.96. The number of hydrogen-bond acceptors (Lipinski definition) is 4. The lowest BCUT2D eigenvalue weighted by Crippen LogP contribution is -2.13. The molecule has 0 aliphatic rings. The highest BCUT2D eigenvalue weighted by Gasteiger charge is 2.08. The van der Waals surface area contributed by atoms with E-state index in [1.807, 2.05) is 10.6 Å². The van der Waals surface area contributed by atoms with Crippen LogP contribution in [-0.4, -0.2) is 25.6 Å². The first kappa shape index (κ1) is 13.1. The van der Waals surface area contributed by atoms with E-state index in [1.54, 1.807) is 18.6 Å². The van der Waals surface area contributed by atoms with Crippen LogP contribution in [0.15, 0.2) is 41.9 Å². The Labute approximate surface area is 121 Å². The fourth-order valence-electron chi connectivity index (χ4n) is 2.18. The number of oxime groups is 1. The summed E-state index contributed by atoms with van der Waals surface area (Å²) in [6.07, 6.45) is 3.31. The Morgan fingerprint density at radius 3 is 2.62 bits per heavy atom. The van der Waals surface area contributed by atoms with Gasteiger partial charge in [-0.3, -0.25) is 4.57 Å². The molecular weight excluding hydrogens is 266 g/mol. The lowest BCUT2D eigenvalue weighted by atomic mass is 10.1. The predicted octanol–water partition coefficient (Wildman–Crippen LogP) is 2.13. The van der Waals surface area contributed by atoms with Crippen molar-refractivity contribution in [2.45, 2.75) is 13.8 Å². The second-order valence-corrected chi connectivity index (χ2v) is 4.93. The monoisotopic (exact) mass is 281 g/mol. The first-order valence-electron chi connectivity index (χ1n) is 6.49. The summed E-state index contributed by atoms with van der Waals surface area (Å²) in [5.41, 5.74) is 10.4. The van der Waals surface area contributed by atoms with E-state index in [4.69, 9.17) is 10.9 Å². The minimum absolute atomic E-state index is 0.0380. The van der Waals surface area contributed by atoms with Crippen molar-refractivity contribution >= 4 is 16.9 Å². The number of pyridine rings is 1. The van der Waals surface area contributed by atoms with Gasteiger partial charge in [-0.2, -0.15) is 0 Å². The number of amidine groups is 1. The highest BCUT2D eigenvalue weighted by atomic mass is 16.4. The van der Waals surface area contributed by atoms with Crippen molar-refractivity contribution in [1.82, 2.24) is 14.5 Å². The third kappa shape index (κ3) is 2.20. The summed E-state index contributed by atoms with van der Waals surface area (Å²) in [7, 11) is 0. The van der Waals surface area contributed by atoms with E-state index < -0.39 is 0 Å². The van der Waals surface area contributed by atoms with E-state index in [9.17, 15) is 0 Å². The summed E-state index contributed by atoms with van der Waals surface area (Å²) in [6.45, 7) is 4.14. The van der Waals surface area contributed by atoms with Gasteiger partial charge in [-0.15, -0.1) is 0 Å². The van der Waals surface area contributed by atoms with Crippen LogP contribution in [0.4, 0.5) is 0 Å². The van der Waals surface area contributed by atoms with Gasteiger partial charge >= 0.3 is 0 Å². The molecule has 6 nitrogen and oxygen atoms in total. The maximum Gasteiger partial charge on any atom is 0.171 e. The van der Waals surface area contributed by atoms with Crippen molar-refractivity contribution in [1.29, 1.82) is 0 Å². The van der Waals surface area contributed by atoms with E-state index in [-0.39, 0.29) is 5.84 Å². The molecule has 3 aromatic rings. The van der Waals surface area contributed by atoms with Gasteiger partial charge in [-0.1, -0.05) is 5.16 Å². The summed E-state index contributed by atoms with van der Waals surface area (Å²) in [5, 5.41) is 11.6. The quantitative estimate of drug-likeness (QED) is 0.326. The Kier molecular flexibility index (Phi) is 3.06. The fraction of sp³-hybridized carbons (Fsp3) is 0.133. The van der Waals surface area contributed by atoms with E-state index in [2.05, 4.69) is 41.1 Å². The number of fused-ring (bicyclic) bond motifs is 1. The second-order valence-electron chi connectivity index (χ2n) is 4.93. The molecule has 0 bridgehead atoms. The molecule has 0 aliphatic carbocycles. The summed E-state index contributed by atoms with van der Waals surface area (Å²) in [6, 6.07) is 7.72. The number of aromatic nitrogens is 3. The van der Waals surface area contributed by atoms with Crippen molar-refractivity contribution in [3.63, 3.8) is 0 Å². The Morgan fingerprint density at radius 1 is 1.19 bits per heavy atom. The number of nitrogens with zero attached hydrogens (tertiary/aromatic N) is 4. The number of rotatable bonds is 2. The third-order valence-electron chi connectivity index (χ3n) is 3.56. The average Bonchev–Trinajstić information content (AvgIpc) is 2.90. The zero-order chi connectivity index (χ0) is 15.0. The van der Waals surface area contributed by atoms with Gasteiger partial charge in [0.1, 0.15) is 12.1 Å². The van der Waals surface area contributed by atoms with Crippen LogP contribution < -0.4 is 5.73 Å². The molecule has 0 amide bonds. The Morgan fingerprint density at radius 2 is 1.95 bits per heavy atom. The second kappa shape index (κ2) is 4.90. The van der Waals surface area contributed by atoms with Gasteiger partial charge in [0, 0.05) is 11.8 Å². The zero-order valence-electron chi connectivity index (χ0n) is 11.8. The van der Waals surface area contributed by atoms with E-state index >= 15 is 0 Å². The molecule has 0 spiro atoms. The first-order valence-corrected chi connectivity index (χ1v) is 6.49. The Hall–Kier alpha value is -2.89. The Balaban J connectivity index is 2.10. The van der Waals surface area contributed by atoms with Gasteiger partial charge in [0.25, 0.3) is 0 Å². The number of nitrogens with two attached hydrogens (primary N) is 1. The van der Waals surface area contributed by atoms with Gasteiger partial charge in [0.15, 0.2) is 5.84 Å². The van der Waals surface area contributed by atoms with Crippen LogP contribution in [0, 0.1) is 13.8 Å². The van der Waals surface area contributed by atoms with E-state index in [0.29, 0.717) is 5.56 Å². The van der Waals surface area contributed by atoms with Crippen molar-refractivity contribution in [3.8, 4) is 5.82 Å². The molecule has 3 rings (SSSR count). The first-order chi connectivity index (χ1) is 10.1. The molecular formula is C15H15N5O. The molecule has 0 saturated heterocycles. The summed E-state index contributed by atoms with van der Waals surface area (Å²) < 4.78 is 1.91.